The molecule has 0 amide bonds. The molecule has 21 heavy (non-hydrogen) atoms. The quantitative estimate of drug-likeness (QED) is 0.759. The van der Waals surface area contributed by atoms with E-state index in [0.717, 1.165) is 12.8 Å². The van der Waals surface area contributed by atoms with Crippen LogP contribution in [-0.4, -0.2) is 29.8 Å². The van der Waals surface area contributed by atoms with E-state index in [2.05, 4.69) is 34.5 Å². The molecule has 0 bridgehead atoms. The Bertz CT molecular complexity index is 505. The van der Waals surface area contributed by atoms with Crippen LogP contribution in [0.25, 0.3) is 0 Å². The van der Waals surface area contributed by atoms with Crippen molar-refractivity contribution in [3.05, 3.63) is 47.6 Å². The summed E-state index contributed by atoms with van der Waals surface area (Å²) in [7, 11) is 1.92. The lowest BCUT2D eigenvalue weighted by Crippen LogP contribution is -2.24. The van der Waals surface area contributed by atoms with Crippen molar-refractivity contribution in [3.63, 3.8) is 0 Å². The molecule has 116 valence electrons. The van der Waals surface area contributed by atoms with E-state index in [1.807, 2.05) is 25.2 Å². The maximum absolute atomic E-state index is 5.56. The molecule has 0 saturated heterocycles. The van der Waals surface area contributed by atoms with Gasteiger partial charge in [0.25, 0.3) is 5.89 Å². The number of likely N-dealkylation sites (N-methyl/N-ethyl adjacent to an activating group) is 1. The van der Waals surface area contributed by atoms with E-state index in [1.165, 1.54) is 5.56 Å². The monoisotopic (exact) mass is 311 g/mol. The number of rotatable bonds is 8. The molecule has 1 aromatic heterocycles. The fourth-order valence-electron chi connectivity index (χ4n) is 1.80. The Kier molecular flexibility index (Phi) is 7.97. The van der Waals surface area contributed by atoms with Gasteiger partial charge in [-0.3, -0.25) is 0 Å². The Balaban J connectivity index is 0.00000220. The Labute approximate surface area is 131 Å². The van der Waals surface area contributed by atoms with Gasteiger partial charge < -0.3 is 14.6 Å². The summed E-state index contributed by atoms with van der Waals surface area (Å²) in [6.07, 6.45) is 1.64. The first kappa shape index (κ1) is 17.6. The van der Waals surface area contributed by atoms with Crippen LogP contribution >= 0.6 is 12.4 Å². The van der Waals surface area contributed by atoms with E-state index in [0.29, 0.717) is 31.0 Å². The number of hydrogen-bond acceptors (Lipinski definition) is 5. The van der Waals surface area contributed by atoms with E-state index < -0.39 is 0 Å². The molecule has 2 aromatic rings. The fourth-order valence-corrected chi connectivity index (χ4v) is 1.80. The van der Waals surface area contributed by atoms with Gasteiger partial charge in [-0.2, -0.15) is 4.98 Å². The van der Waals surface area contributed by atoms with Crippen molar-refractivity contribution in [2.45, 2.75) is 32.4 Å². The van der Waals surface area contributed by atoms with Crippen LogP contribution in [0, 0.1) is 0 Å². The van der Waals surface area contributed by atoms with Crippen LogP contribution in [0.15, 0.2) is 34.9 Å². The van der Waals surface area contributed by atoms with Crippen LogP contribution in [0.4, 0.5) is 0 Å². The molecular formula is C15H22ClN3O2. The van der Waals surface area contributed by atoms with Crippen molar-refractivity contribution in [3.8, 4) is 0 Å². The minimum absolute atomic E-state index is 0. The molecule has 1 atom stereocenters. The highest BCUT2D eigenvalue weighted by atomic mass is 35.5. The summed E-state index contributed by atoms with van der Waals surface area (Å²) in [5, 5.41) is 7.08. The van der Waals surface area contributed by atoms with Crippen molar-refractivity contribution >= 4 is 12.4 Å². The molecule has 0 aliphatic rings. The second-order valence-corrected chi connectivity index (χ2v) is 4.79. The van der Waals surface area contributed by atoms with Gasteiger partial charge in [0.2, 0.25) is 0 Å². The lowest BCUT2D eigenvalue weighted by Gasteiger charge is -2.04. The van der Waals surface area contributed by atoms with E-state index in [-0.39, 0.29) is 12.4 Å². The van der Waals surface area contributed by atoms with Crippen molar-refractivity contribution in [1.29, 1.82) is 0 Å². The smallest absolute Gasteiger partial charge is 0.252 e. The zero-order valence-corrected chi connectivity index (χ0v) is 13.2. The molecule has 0 aliphatic carbocycles. The molecule has 6 heteroatoms. The van der Waals surface area contributed by atoms with Crippen LogP contribution in [0.3, 0.4) is 0 Å². The number of nitrogens with zero attached hydrogens (tertiary/aromatic N) is 2. The molecule has 1 unspecified atom stereocenters. The summed E-state index contributed by atoms with van der Waals surface area (Å²) < 4.78 is 10.7. The molecule has 0 saturated carbocycles. The molecule has 0 fully saturated rings. The van der Waals surface area contributed by atoms with E-state index in [9.17, 15) is 0 Å². The number of hydrogen-bond donors (Lipinski definition) is 1. The van der Waals surface area contributed by atoms with E-state index >= 15 is 0 Å². The summed E-state index contributed by atoms with van der Waals surface area (Å²) in [5.41, 5.74) is 1.27. The zero-order chi connectivity index (χ0) is 14.2. The molecular weight excluding hydrogens is 290 g/mol. The first-order chi connectivity index (χ1) is 9.78. The number of benzene rings is 1. The third-order valence-corrected chi connectivity index (χ3v) is 3.10. The second kappa shape index (κ2) is 9.50. The third-order valence-electron chi connectivity index (χ3n) is 3.10. The first-order valence-electron chi connectivity index (χ1n) is 6.88. The first-order valence-corrected chi connectivity index (χ1v) is 6.88. The number of halogens is 1. The third kappa shape index (κ3) is 6.25. The summed E-state index contributed by atoms with van der Waals surface area (Å²) in [4.78, 5) is 4.30. The van der Waals surface area contributed by atoms with Crippen molar-refractivity contribution < 1.29 is 9.26 Å². The standard InChI is InChI=1S/C15H21N3O2.ClH/c1-12(16-2)10-14-17-15(20-18-14)11-19-9-8-13-6-4-3-5-7-13;/h3-7,12,16H,8-11H2,1-2H3;1H. The van der Waals surface area contributed by atoms with Crippen LogP contribution < -0.4 is 5.32 Å². The number of nitrogens with one attached hydrogen (secondary N) is 1. The minimum atomic E-state index is 0. The highest BCUT2D eigenvalue weighted by Crippen LogP contribution is 2.04. The molecule has 5 nitrogen and oxygen atoms in total. The van der Waals surface area contributed by atoms with Gasteiger partial charge in [0.05, 0.1) is 6.61 Å². The van der Waals surface area contributed by atoms with Crippen molar-refractivity contribution in [2.75, 3.05) is 13.7 Å². The average molecular weight is 312 g/mol. The summed E-state index contributed by atoms with van der Waals surface area (Å²) >= 11 is 0. The van der Waals surface area contributed by atoms with Crippen LogP contribution in [0.5, 0.6) is 0 Å². The SMILES string of the molecule is CNC(C)Cc1noc(COCCc2ccccc2)n1.Cl. The lowest BCUT2D eigenvalue weighted by atomic mass is 10.2. The summed E-state index contributed by atoms with van der Waals surface area (Å²) in [6.45, 7) is 3.09. The predicted octanol–water partition coefficient (Wildman–Crippen LogP) is 2.40. The predicted molar refractivity (Wildman–Crippen MR) is 83.6 cm³/mol. The normalized spacial score (nSPS) is 11.9. The topological polar surface area (TPSA) is 60.2 Å². The van der Waals surface area contributed by atoms with Gasteiger partial charge in [0, 0.05) is 12.5 Å². The Morgan fingerprint density at radius 3 is 2.76 bits per heavy atom. The highest BCUT2D eigenvalue weighted by molar-refractivity contribution is 5.85. The Hall–Kier alpha value is -1.43. The van der Waals surface area contributed by atoms with Gasteiger partial charge in [0.1, 0.15) is 6.61 Å². The van der Waals surface area contributed by atoms with E-state index in [4.69, 9.17) is 9.26 Å². The number of aromatic nitrogens is 2. The second-order valence-electron chi connectivity index (χ2n) is 4.79. The molecule has 1 N–H and O–H groups in total. The largest absolute Gasteiger partial charge is 0.371 e. The van der Waals surface area contributed by atoms with Crippen LogP contribution in [0.1, 0.15) is 24.2 Å². The summed E-state index contributed by atoms with van der Waals surface area (Å²) in [6, 6.07) is 10.6. The lowest BCUT2D eigenvalue weighted by molar-refractivity contribution is 0.100. The Morgan fingerprint density at radius 2 is 2.05 bits per heavy atom. The van der Waals surface area contributed by atoms with Crippen molar-refractivity contribution in [2.24, 2.45) is 0 Å². The Morgan fingerprint density at radius 1 is 1.29 bits per heavy atom. The molecule has 1 heterocycles. The zero-order valence-electron chi connectivity index (χ0n) is 12.4. The van der Waals surface area contributed by atoms with Crippen LogP contribution in [-0.2, 0) is 24.2 Å². The summed E-state index contributed by atoms with van der Waals surface area (Å²) in [5.74, 6) is 1.25. The van der Waals surface area contributed by atoms with Gasteiger partial charge >= 0.3 is 0 Å². The minimum Gasteiger partial charge on any atom is -0.371 e. The molecule has 2 rings (SSSR count). The van der Waals surface area contributed by atoms with Crippen molar-refractivity contribution in [1.82, 2.24) is 15.5 Å². The maximum atomic E-state index is 5.56. The average Bonchev–Trinajstić information content (AvgIpc) is 2.92. The highest BCUT2D eigenvalue weighted by Gasteiger charge is 2.09. The van der Waals surface area contributed by atoms with Gasteiger partial charge in [-0.05, 0) is 26.0 Å². The van der Waals surface area contributed by atoms with E-state index in [1.54, 1.807) is 0 Å². The molecule has 0 radical (unpaired) electrons. The molecule has 0 spiro atoms. The fraction of sp³-hybridized carbons (Fsp3) is 0.467. The van der Waals surface area contributed by atoms with Gasteiger partial charge in [-0.15, -0.1) is 12.4 Å². The maximum Gasteiger partial charge on any atom is 0.252 e. The van der Waals surface area contributed by atoms with Gasteiger partial charge in [-0.25, -0.2) is 0 Å². The van der Waals surface area contributed by atoms with Gasteiger partial charge in [-0.1, -0.05) is 35.5 Å². The number of ether oxygens (including phenoxy) is 1. The molecule has 0 aliphatic heterocycles. The van der Waals surface area contributed by atoms with Crippen LogP contribution in [0.2, 0.25) is 0 Å². The molecule has 1 aromatic carbocycles. The van der Waals surface area contributed by atoms with Gasteiger partial charge in [0.15, 0.2) is 5.82 Å².